The number of thiophene rings is 1. The Morgan fingerprint density at radius 2 is 2.26 bits per heavy atom. The lowest BCUT2D eigenvalue weighted by atomic mass is 10.1. The molecule has 0 saturated heterocycles. The first-order valence-electron chi connectivity index (χ1n) is 8.79. The molecule has 0 radical (unpaired) electrons. The summed E-state index contributed by atoms with van der Waals surface area (Å²) in [5.41, 5.74) is 0.804. The van der Waals surface area contributed by atoms with E-state index >= 15 is 0 Å². The second-order valence-corrected chi connectivity index (χ2v) is 8.46. The minimum atomic E-state index is -0.0838. The molecule has 1 amide bonds. The number of furan rings is 1. The topological polar surface area (TPSA) is 76.5 Å². The van der Waals surface area contributed by atoms with Gasteiger partial charge in [0.15, 0.2) is 5.16 Å². The molecule has 1 aliphatic carbocycles. The van der Waals surface area contributed by atoms with Crippen LogP contribution in [0, 0.1) is 0 Å². The summed E-state index contributed by atoms with van der Waals surface area (Å²) in [6, 6.07) is 8.17. The van der Waals surface area contributed by atoms with Crippen LogP contribution in [0.5, 0.6) is 0 Å². The number of nitrogens with zero attached hydrogens (tertiary/aromatic N) is 5. The molecule has 27 heavy (non-hydrogen) atoms. The summed E-state index contributed by atoms with van der Waals surface area (Å²) in [7, 11) is 0. The molecule has 0 aromatic carbocycles. The Balaban J connectivity index is 1.35. The fourth-order valence-electron chi connectivity index (χ4n) is 3.17. The second kappa shape index (κ2) is 6.97. The summed E-state index contributed by atoms with van der Waals surface area (Å²) in [6.45, 7) is 0. The largest absolute Gasteiger partial charge is 0.463 e. The molecule has 0 spiro atoms. The molecule has 0 N–H and O–H groups in total. The minimum absolute atomic E-state index is 0.0368. The van der Waals surface area contributed by atoms with Crippen LogP contribution in [0.25, 0.3) is 0 Å². The maximum atomic E-state index is 13.0. The van der Waals surface area contributed by atoms with Gasteiger partial charge < -0.3 is 8.98 Å². The molecule has 0 bridgehead atoms. The van der Waals surface area contributed by atoms with Crippen LogP contribution in [0.15, 0.2) is 56.9 Å². The maximum absolute atomic E-state index is 13.0. The van der Waals surface area contributed by atoms with Crippen molar-refractivity contribution in [1.82, 2.24) is 19.8 Å². The summed E-state index contributed by atoms with van der Waals surface area (Å²) in [6.07, 6.45) is 6.35. The quantitative estimate of drug-likeness (QED) is 0.590. The van der Waals surface area contributed by atoms with Gasteiger partial charge in [-0.25, -0.2) is 5.01 Å². The smallest absolute Gasteiger partial charge is 0.253 e. The van der Waals surface area contributed by atoms with Crippen LogP contribution in [-0.4, -0.2) is 37.1 Å². The van der Waals surface area contributed by atoms with E-state index < -0.39 is 0 Å². The summed E-state index contributed by atoms with van der Waals surface area (Å²) in [5, 5.41) is 17.2. The van der Waals surface area contributed by atoms with Crippen LogP contribution >= 0.6 is 23.1 Å². The van der Waals surface area contributed by atoms with Crippen molar-refractivity contribution in [1.29, 1.82) is 0 Å². The Morgan fingerprint density at radius 1 is 1.33 bits per heavy atom. The number of carbonyl (C=O) groups is 1. The van der Waals surface area contributed by atoms with Gasteiger partial charge in [-0.2, -0.15) is 5.10 Å². The van der Waals surface area contributed by atoms with Gasteiger partial charge in [0.2, 0.25) is 0 Å². The molecule has 1 unspecified atom stereocenters. The van der Waals surface area contributed by atoms with Crippen molar-refractivity contribution < 1.29 is 9.21 Å². The SMILES string of the molecule is O=C(CSc1nncn1C1CC1)N1N=C(c2ccco2)CC1c1cccs1. The highest BCUT2D eigenvalue weighted by molar-refractivity contribution is 7.99. The van der Waals surface area contributed by atoms with Crippen molar-refractivity contribution in [2.45, 2.75) is 36.5 Å². The van der Waals surface area contributed by atoms with Gasteiger partial charge in [0.05, 0.1) is 18.1 Å². The zero-order chi connectivity index (χ0) is 18.2. The van der Waals surface area contributed by atoms with Crippen LogP contribution in [-0.2, 0) is 4.79 Å². The molecule has 7 nitrogen and oxygen atoms in total. The van der Waals surface area contributed by atoms with Gasteiger partial charge in [-0.15, -0.1) is 21.5 Å². The van der Waals surface area contributed by atoms with Crippen molar-refractivity contribution in [3.05, 3.63) is 52.9 Å². The molecule has 1 saturated carbocycles. The van der Waals surface area contributed by atoms with E-state index in [0.717, 1.165) is 28.6 Å². The van der Waals surface area contributed by atoms with Crippen LogP contribution in [0.1, 0.15) is 42.0 Å². The van der Waals surface area contributed by atoms with Crippen molar-refractivity contribution in [2.24, 2.45) is 5.10 Å². The third-order valence-electron chi connectivity index (χ3n) is 4.65. The summed E-state index contributed by atoms with van der Waals surface area (Å²) >= 11 is 3.06. The lowest BCUT2D eigenvalue weighted by Gasteiger charge is -2.20. The second-order valence-electron chi connectivity index (χ2n) is 6.54. The molecule has 3 aromatic rings. The van der Waals surface area contributed by atoms with Crippen molar-refractivity contribution in [2.75, 3.05) is 5.75 Å². The fourth-order valence-corrected chi connectivity index (χ4v) is 4.81. The monoisotopic (exact) mass is 399 g/mol. The predicted molar refractivity (Wildman–Crippen MR) is 103 cm³/mol. The van der Waals surface area contributed by atoms with Gasteiger partial charge in [-0.1, -0.05) is 17.8 Å². The van der Waals surface area contributed by atoms with Gasteiger partial charge >= 0.3 is 0 Å². The van der Waals surface area contributed by atoms with E-state index in [-0.39, 0.29) is 17.7 Å². The van der Waals surface area contributed by atoms with Gasteiger partial charge in [-0.05, 0) is 36.4 Å². The lowest BCUT2D eigenvalue weighted by Crippen LogP contribution is -2.28. The maximum Gasteiger partial charge on any atom is 0.253 e. The Kier molecular flexibility index (Phi) is 4.33. The zero-order valence-corrected chi connectivity index (χ0v) is 16.0. The van der Waals surface area contributed by atoms with E-state index in [1.54, 1.807) is 28.9 Å². The fraction of sp³-hybridized carbons (Fsp3) is 0.333. The molecule has 9 heteroatoms. The third kappa shape index (κ3) is 3.32. The van der Waals surface area contributed by atoms with E-state index in [0.29, 0.717) is 18.2 Å². The highest BCUT2D eigenvalue weighted by Crippen LogP contribution is 2.38. The number of hydrazone groups is 1. The molecule has 4 heterocycles. The van der Waals surface area contributed by atoms with E-state index in [1.807, 2.05) is 29.6 Å². The number of hydrogen-bond acceptors (Lipinski definition) is 7. The standard InChI is InChI=1S/C18H17N5O2S2/c24-17(10-27-18-20-19-11-22(18)12-5-6-12)23-14(16-4-2-8-26-16)9-13(21-23)15-3-1-7-25-15/h1-4,7-8,11-12,14H,5-6,9-10H2. The average molecular weight is 400 g/mol. The number of amides is 1. The molecule has 3 aromatic heterocycles. The van der Waals surface area contributed by atoms with Gasteiger partial charge in [0, 0.05) is 17.3 Å². The van der Waals surface area contributed by atoms with E-state index in [2.05, 4.69) is 19.9 Å². The lowest BCUT2D eigenvalue weighted by molar-refractivity contribution is -0.130. The summed E-state index contributed by atoms with van der Waals surface area (Å²) in [4.78, 5) is 14.1. The van der Waals surface area contributed by atoms with Crippen LogP contribution in [0.3, 0.4) is 0 Å². The van der Waals surface area contributed by atoms with Crippen LogP contribution in [0.2, 0.25) is 0 Å². The van der Waals surface area contributed by atoms with Crippen molar-refractivity contribution in [3.8, 4) is 0 Å². The van der Waals surface area contributed by atoms with Crippen molar-refractivity contribution >= 4 is 34.7 Å². The molecule has 1 fully saturated rings. The Bertz CT molecular complexity index is 960. The molecule has 1 aliphatic heterocycles. The molecule has 1 atom stereocenters. The molecular formula is C18H17N5O2S2. The average Bonchev–Trinajstić information content (AvgIpc) is 3.22. The minimum Gasteiger partial charge on any atom is -0.463 e. The van der Waals surface area contributed by atoms with E-state index in [1.165, 1.54) is 11.8 Å². The number of rotatable bonds is 6. The number of thioether (sulfide) groups is 1. The number of carbonyl (C=O) groups excluding carboxylic acids is 1. The van der Waals surface area contributed by atoms with E-state index in [4.69, 9.17) is 4.42 Å². The third-order valence-corrected chi connectivity index (χ3v) is 6.56. The number of hydrogen-bond donors (Lipinski definition) is 0. The van der Waals surface area contributed by atoms with Crippen LogP contribution < -0.4 is 0 Å². The highest BCUT2D eigenvalue weighted by Gasteiger charge is 2.35. The number of aromatic nitrogens is 3. The Morgan fingerprint density at radius 3 is 3.00 bits per heavy atom. The Labute approximate surface area is 164 Å². The summed E-state index contributed by atoms with van der Waals surface area (Å²) in [5.74, 6) is 0.959. The summed E-state index contributed by atoms with van der Waals surface area (Å²) < 4.78 is 7.55. The highest BCUT2D eigenvalue weighted by atomic mass is 32.2. The predicted octanol–water partition coefficient (Wildman–Crippen LogP) is 3.74. The van der Waals surface area contributed by atoms with Gasteiger partial charge in [0.1, 0.15) is 17.8 Å². The molecule has 2 aliphatic rings. The Hall–Kier alpha value is -2.39. The molecule has 5 rings (SSSR count). The van der Waals surface area contributed by atoms with Gasteiger partial charge in [-0.3, -0.25) is 4.79 Å². The normalized spacial score (nSPS) is 19.5. The first kappa shape index (κ1) is 16.8. The van der Waals surface area contributed by atoms with Crippen LogP contribution in [0.4, 0.5) is 0 Å². The zero-order valence-electron chi connectivity index (χ0n) is 14.4. The molecular weight excluding hydrogens is 382 g/mol. The van der Waals surface area contributed by atoms with E-state index in [9.17, 15) is 4.79 Å². The molecule has 138 valence electrons. The van der Waals surface area contributed by atoms with Gasteiger partial charge in [0.25, 0.3) is 5.91 Å². The first-order chi connectivity index (χ1) is 13.3. The first-order valence-corrected chi connectivity index (χ1v) is 10.7. The van der Waals surface area contributed by atoms with Crippen molar-refractivity contribution in [3.63, 3.8) is 0 Å².